The SMILES string of the molecule is CC(C)(C)[C@@H]1CC1(F)Br. The van der Waals surface area contributed by atoms with Crippen molar-refractivity contribution in [2.75, 3.05) is 0 Å². The van der Waals surface area contributed by atoms with Gasteiger partial charge in [0.25, 0.3) is 0 Å². The van der Waals surface area contributed by atoms with Gasteiger partial charge in [0.15, 0.2) is 4.58 Å². The van der Waals surface area contributed by atoms with Crippen LogP contribution in [-0.4, -0.2) is 4.58 Å². The minimum atomic E-state index is -1.04. The van der Waals surface area contributed by atoms with Gasteiger partial charge in [0.1, 0.15) is 0 Å². The maximum Gasteiger partial charge on any atom is 0.168 e. The highest BCUT2D eigenvalue weighted by Crippen LogP contribution is 2.60. The highest BCUT2D eigenvalue weighted by atomic mass is 79.9. The van der Waals surface area contributed by atoms with Crippen LogP contribution in [0.3, 0.4) is 0 Å². The molecule has 2 atom stereocenters. The molecule has 0 heterocycles. The Bertz CT molecular complexity index is 123. The largest absolute Gasteiger partial charge is 0.231 e. The summed E-state index contributed by atoms with van der Waals surface area (Å²) in [5.41, 5.74) is 0.123. The van der Waals surface area contributed by atoms with Crippen LogP contribution < -0.4 is 0 Å². The molecule has 1 fully saturated rings. The first-order chi connectivity index (χ1) is 3.84. The molecule has 1 aliphatic rings. The Morgan fingerprint density at radius 3 is 1.89 bits per heavy atom. The zero-order valence-electron chi connectivity index (χ0n) is 6.04. The van der Waals surface area contributed by atoms with E-state index in [1.807, 2.05) is 0 Å². The fourth-order valence-electron chi connectivity index (χ4n) is 1.15. The standard InChI is InChI=1S/C7H12BrF/c1-6(2,3)5-4-7(5,8)9/h5H,4H2,1-3H3/t5-,7?/m0/s1. The third-order valence-electron chi connectivity index (χ3n) is 1.87. The van der Waals surface area contributed by atoms with E-state index in [-0.39, 0.29) is 11.3 Å². The second-order valence-corrected chi connectivity index (χ2v) is 5.20. The Hall–Kier alpha value is 0.410. The molecular weight excluding hydrogens is 183 g/mol. The minimum Gasteiger partial charge on any atom is -0.231 e. The van der Waals surface area contributed by atoms with Crippen molar-refractivity contribution < 1.29 is 4.39 Å². The summed E-state index contributed by atoms with van der Waals surface area (Å²) in [4.78, 5) is 0. The topological polar surface area (TPSA) is 0 Å². The first-order valence-corrected chi connectivity index (χ1v) is 4.01. The molecule has 0 amide bonds. The summed E-state index contributed by atoms with van der Waals surface area (Å²) in [5.74, 6) is 0.213. The van der Waals surface area contributed by atoms with Crippen molar-refractivity contribution in [3.63, 3.8) is 0 Å². The summed E-state index contributed by atoms with van der Waals surface area (Å²) < 4.78 is 11.8. The van der Waals surface area contributed by atoms with Gasteiger partial charge in [0, 0.05) is 5.92 Å². The molecule has 0 aromatic carbocycles. The maximum absolute atomic E-state index is 12.9. The van der Waals surface area contributed by atoms with Gasteiger partial charge in [-0.2, -0.15) is 0 Å². The molecule has 0 radical (unpaired) electrons. The summed E-state index contributed by atoms with van der Waals surface area (Å²) in [6.45, 7) is 6.21. The molecule has 0 bridgehead atoms. The molecule has 1 unspecified atom stereocenters. The molecule has 0 N–H and O–H groups in total. The monoisotopic (exact) mass is 194 g/mol. The Labute approximate surface area is 64.0 Å². The lowest BCUT2D eigenvalue weighted by atomic mass is 9.90. The van der Waals surface area contributed by atoms with Gasteiger partial charge in [-0.15, -0.1) is 0 Å². The van der Waals surface area contributed by atoms with Gasteiger partial charge in [0.2, 0.25) is 0 Å². The van der Waals surface area contributed by atoms with E-state index in [0.29, 0.717) is 6.42 Å². The van der Waals surface area contributed by atoms with E-state index in [1.54, 1.807) is 0 Å². The van der Waals surface area contributed by atoms with Gasteiger partial charge in [-0.3, -0.25) is 0 Å². The summed E-state index contributed by atoms with van der Waals surface area (Å²) in [7, 11) is 0. The molecular formula is C7H12BrF. The molecule has 0 aliphatic heterocycles. The first-order valence-electron chi connectivity index (χ1n) is 3.22. The van der Waals surface area contributed by atoms with Crippen molar-refractivity contribution in [1.82, 2.24) is 0 Å². The zero-order chi connectivity index (χ0) is 7.28. The van der Waals surface area contributed by atoms with E-state index in [9.17, 15) is 4.39 Å². The Balaban J connectivity index is 2.52. The molecule has 0 nitrogen and oxygen atoms in total. The normalized spacial score (nSPS) is 43.0. The number of hydrogen-bond donors (Lipinski definition) is 0. The van der Waals surface area contributed by atoms with Gasteiger partial charge in [-0.25, -0.2) is 4.39 Å². The van der Waals surface area contributed by atoms with E-state index >= 15 is 0 Å². The van der Waals surface area contributed by atoms with Crippen LogP contribution in [0.15, 0.2) is 0 Å². The van der Waals surface area contributed by atoms with Crippen molar-refractivity contribution in [2.45, 2.75) is 31.8 Å². The Morgan fingerprint density at radius 1 is 1.56 bits per heavy atom. The molecule has 1 aliphatic carbocycles. The van der Waals surface area contributed by atoms with Crippen molar-refractivity contribution in [2.24, 2.45) is 11.3 Å². The third kappa shape index (κ3) is 1.46. The summed E-state index contributed by atoms with van der Waals surface area (Å²) in [6.07, 6.45) is 0.677. The summed E-state index contributed by atoms with van der Waals surface area (Å²) >= 11 is 3.02. The number of rotatable bonds is 0. The predicted octanol–water partition coefficient (Wildman–Crippen LogP) is 3.11. The van der Waals surface area contributed by atoms with Crippen molar-refractivity contribution in [3.8, 4) is 0 Å². The maximum atomic E-state index is 12.9. The summed E-state index contributed by atoms with van der Waals surface area (Å²) in [6, 6.07) is 0. The van der Waals surface area contributed by atoms with Gasteiger partial charge < -0.3 is 0 Å². The van der Waals surface area contributed by atoms with E-state index in [0.717, 1.165) is 0 Å². The zero-order valence-corrected chi connectivity index (χ0v) is 7.63. The smallest absolute Gasteiger partial charge is 0.168 e. The average molecular weight is 195 g/mol. The van der Waals surface area contributed by atoms with E-state index in [2.05, 4.69) is 36.7 Å². The van der Waals surface area contributed by atoms with Gasteiger partial charge in [-0.05, 0) is 27.8 Å². The van der Waals surface area contributed by atoms with Gasteiger partial charge in [-0.1, -0.05) is 20.8 Å². The van der Waals surface area contributed by atoms with Crippen molar-refractivity contribution in [1.29, 1.82) is 0 Å². The Morgan fingerprint density at radius 2 is 1.89 bits per heavy atom. The highest BCUT2D eigenvalue weighted by Gasteiger charge is 2.58. The molecule has 1 rings (SSSR count). The van der Waals surface area contributed by atoms with Crippen LogP contribution in [0.4, 0.5) is 4.39 Å². The quantitative estimate of drug-likeness (QED) is 0.521. The molecule has 1 saturated carbocycles. The molecule has 9 heavy (non-hydrogen) atoms. The molecule has 0 saturated heterocycles. The fraction of sp³-hybridized carbons (Fsp3) is 1.00. The van der Waals surface area contributed by atoms with E-state index in [4.69, 9.17) is 0 Å². The first kappa shape index (κ1) is 7.52. The van der Waals surface area contributed by atoms with Crippen LogP contribution in [0.2, 0.25) is 0 Å². The van der Waals surface area contributed by atoms with Crippen LogP contribution in [0.25, 0.3) is 0 Å². The van der Waals surface area contributed by atoms with Crippen LogP contribution in [0.5, 0.6) is 0 Å². The lowest BCUT2D eigenvalue weighted by molar-refractivity contribution is 0.284. The lowest BCUT2D eigenvalue weighted by Gasteiger charge is -2.17. The number of alkyl halides is 2. The second-order valence-electron chi connectivity index (χ2n) is 3.88. The minimum absolute atomic E-state index is 0.123. The van der Waals surface area contributed by atoms with E-state index < -0.39 is 4.58 Å². The second kappa shape index (κ2) is 1.71. The van der Waals surface area contributed by atoms with Crippen LogP contribution in [0, 0.1) is 11.3 Å². The number of hydrogen-bond acceptors (Lipinski definition) is 0. The van der Waals surface area contributed by atoms with Crippen molar-refractivity contribution in [3.05, 3.63) is 0 Å². The van der Waals surface area contributed by atoms with Crippen LogP contribution in [-0.2, 0) is 0 Å². The highest BCUT2D eigenvalue weighted by molar-refractivity contribution is 9.10. The van der Waals surface area contributed by atoms with Crippen LogP contribution in [0.1, 0.15) is 27.2 Å². The summed E-state index contributed by atoms with van der Waals surface area (Å²) in [5, 5.41) is 0. The molecule has 0 aromatic rings. The molecule has 54 valence electrons. The fourth-order valence-corrected chi connectivity index (χ4v) is 2.16. The lowest BCUT2D eigenvalue weighted by Crippen LogP contribution is -2.12. The molecule has 0 aromatic heterocycles. The third-order valence-corrected chi connectivity index (χ3v) is 2.75. The van der Waals surface area contributed by atoms with Gasteiger partial charge >= 0.3 is 0 Å². The average Bonchev–Trinajstić information content (AvgIpc) is 2.10. The van der Waals surface area contributed by atoms with Gasteiger partial charge in [0.05, 0.1) is 0 Å². The van der Waals surface area contributed by atoms with Crippen LogP contribution >= 0.6 is 15.9 Å². The number of halogens is 2. The predicted molar refractivity (Wildman–Crippen MR) is 40.3 cm³/mol. The molecule has 2 heteroatoms. The van der Waals surface area contributed by atoms with E-state index in [1.165, 1.54) is 0 Å². The Kier molecular flexibility index (Phi) is 1.43. The van der Waals surface area contributed by atoms with Crippen molar-refractivity contribution >= 4 is 15.9 Å². The molecule has 0 spiro atoms.